The van der Waals surface area contributed by atoms with Gasteiger partial charge < -0.3 is 0 Å². The molecule has 4 bridgehead atoms. The highest BCUT2D eigenvalue weighted by Gasteiger charge is 2.66. The molecule has 1 nitrogen and oxygen atoms in total. The van der Waals surface area contributed by atoms with E-state index >= 15 is 0 Å². The van der Waals surface area contributed by atoms with Crippen LogP contribution in [0.15, 0.2) is 24.3 Å². The van der Waals surface area contributed by atoms with Crippen molar-refractivity contribution >= 4 is 5.78 Å². The number of hydrogen-bond acceptors (Lipinski definition) is 1. The molecule has 4 aliphatic carbocycles. The maximum absolute atomic E-state index is 11.8. The minimum absolute atomic E-state index is 0.274. The van der Waals surface area contributed by atoms with Crippen LogP contribution >= 0.6 is 0 Å². The summed E-state index contributed by atoms with van der Waals surface area (Å²) in [6.45, 7) is 0. The smallest absolute Gasteiger partial charge is 0.144 e. The minimum Gasteiger partial charge on any atom is -0.299 e. The summed E-state index contributed by atoms with van der Waals surface area (Å²) in [4.78, 5) is 11.8. The second-order valence-electron chi connectivity index (χ2n) is 4.53. The van der Waals surface area contributed by atoms with Gasteiger partial charge in [-0.1, -0.05) is 24.3 Å². The fourth-order valence-electron chi connectivity index (χ4n) is 3.51. The number of rotatable bonds is 0. The third kappa shape index (κ3) is 0.541. The zero-order valence-electron chi connectivity index (χ0n) is 7.23. The first-order valence-corrected chi connectivity index (χ1v) is 5.00. The van der Waals surface area contributed by atoms with Gasteiger partial charge >= 0.3 is 0 Å². The Morgan fingerprint density at radius 3 is 2.54 bits per heavy atom. The predicted octanol–water partition coefficient (Wildman–Crippen LogP) is 2.09. The summed E-state index contributed by atoms with van der Waals surface area (Å²) in [7, 11) is 0. The van der Waals surface area contributed by atoms with Gasteiger partial charge in [0.1, 0.15) is 5.78 Å². The van der Waals surface area contributed by atoms with Crippen molar-refractivity contribution in [3.8, 4) is 0 Å². The lowest BCUT2D eigenvalue weighted by Gasteiger charge is -2.24. The Labute approximate surface area is 76.8 Å². The van der Waals surface area contributed by atoms with E-state index in [-0.39, 0.29) is 5.92 Å². The summed E-state index contributed by atoms with van der Waals surface area (Å²) >= 11 is 0. The Hall–Kier alpha value is -1.11. The van der Waals surface area contributed by atoms with Crippen LogP contribution in [0.1, 0.15) is 29.4 Å². The van der Waals surface area contributed by atoms with Crippen molar-refractivity contribution in [2.75, 3.05) is 0 Å². The molecule has 2 fully saturated rings. The maximum Gasteiger partial charge on any atom is 0.144 e. The summed E-state index contributed by atoms with van der Waals surface area (Å²) < 4.78 is 0. The molecule has 5 rings (SSSR count). The number of carbonyl (C=O) groups excluding carboxylic acids is 1. The maximum atomic E-state index is 11.8. The van der Waals surface area contributed by atoms with E-state index in [1.54, 1.807) is 0 Å². The van der Waals surface area contributed by atoms with Crippen molar-refractivity contribution in [3.63, 3.8) is 0 Å². The molecular formula is C12H10O. The lowest BCUT2D eigenvalue weighted by atomic mass is 9.79. The van der Waals surface area contributed by atoms with E-state index in [1.807, 2.05) is 0 Å². The molecule has 0 amide bonds. The average Bonchev–Trinajstić information content (AvgIpc) is 2.83. The first-order chi connectivity index (χ1) is 6.38. The van der Waals surface area contributed by atoms with Crippen LogP contribution in [0.4, 0.5) is 0 Å². The van der Waals surface area contributed by atoms with Crippen LogP contribution in [-0.4, -0.2) is 5.78 Å². The molecule has 0 heterocycles. The van der Waals surface area contributed by atoms with E-state index in [1.165, 1.54) is 11.1 Å². The first-order valence-electron chi connectivity index (χ1n) is 5.00. The normalized spacial score (nSPS) is 43.2. The van der Waals surface area contributed by atoms with E-state index in [4.69, 9.17) is 0 Å². The second-order valence-corrected chi connectivity index (χ2v) is 4.53. The highest BCUT2D eigenvalue weighted by atomic mass is 16.1. The topological polar surface area (TPSA) is 17.1 Å². The average molecular weight is 170 g/mol. The standard InChI is InChI=1S/C12H10O/c13-12-8-5-9-10(11(9)12)7-4-2-1-3-6(7)8/h1-4,8-11H,5H2. The van der Waals surface area contributed by atoms with Crippen LogP contribution in [0.2, 0.25) is 0 Å². The molecule has 0 N–H and O–H groups in total. The lowest BCUT2D eigenvalue weighted by molar-refractivity contribution is -0.120. The molecule has 4 aliphatic rings. The van der Waals surface area contributed by atoms with E-state index in [0.717, 1.165) is 12.3 Å². The zero-order chi connectivity index (χ0) is 8.58. The highest BCUT2D eigenvalue weighted by molar-refractivity contribution is 5.97. The number of Topliss-reactive ketones (excluding diaryl/α,β-unsaturated/α-hetero) is 1. The van der Waals surface area contributed by atoms with Gasteiger partial charge in [0.25, 0.3) is 0 Å². The fourth-order valence-corrected chi connectivity index (χ4v) is 3.51. The predicted molar refractivity (Wildman–Crippen MR) is 48.5 cm³/mol. The van der Waals surface area contributed by atoms with Gasteiger partial charge in [-0.3, -0.25) is 4.79 Å². The largest absolute Gasteiger partial charge is 0.299 e. The van der Waals surface area contributed by atoms with Crippen molar-refractivity contribution in [1.29, 1.82) is 0 Å². The van der Waals surface area contributed by atoms with Crippen molar-refractivity contribution in [2.45, 2.75) is 18.3 Å². The van der Waals surface area contributed by atoms with Gasteiger partial charge in [0.05, 0.1) is 0 Å². The second kappa shape index (κ2) is 1.72. The van der Waals surface area contributed by atoms with Crippen molar-refractivity contribution < 1.29 is 4.79 Å². The van der Waals surface area contributed by atoms with Crippen molar-refractivity contribution in [1.82, 2.24) is 0 Å². The Bertz CT molecular complexity index is 421. The SMILES string of the molecule is O=C1C2CC3C1C3c1ccccc12. The highest BCUT2D eigenvalue weighted by Crippen LogP contribution is 2.69. The molecular weight excluding hydrogens is 160 g/mol. The zero-order valence-corrected chi connectivity index (χ0v) is 7.23. The molecule has 0 spiro atoms. The lowest BCUT2D eigenvalue weighted by Crippen LogP contribution is -2.19. The molecule has 4 atom stereocenters. The number of carbonyl (C=O) groups is 1. The molecule has 1 heteroatoms. The van der Waals surface area contributed by atoms with Gasteiger partial charge in [-0.15, -0.1) is 0 Å². The summed E-state index contributed by atoms with van der Waals surface area (Å²) in [6, 6.07) is 8.51. The molecule has 13 heavy (non-hydrogen) atoms. The van der Waals surface area contributed by atoms with Crippen LogP contribution in [0.5, 0.6) is 0 Å². The quantitative estimate of drug-likeness (QED) is 0.582. The molecule has 0 radical (unpaired) electrons. The van der Waals surface area contributed by atoms with Crippen molar-refractivity contribution in [2.24, 2.45) is 11.8 Å². The first kappa shape index (κ1) is 6.36. The summed E-state index contributed by atoms with van der Waals surface area (Å²) in [5.74, 6) is 2.59. The number of benzene rings is 1. The van der Waals surface area contributed by atoms with E-state index < -0.39 is 0 Å². The van der Waals surface area contributed by atoms with Crippen molar-refractivity contribution in [3.05, 3.63) is 35.4 Å². The molecule has 4 unspecified atom stereocenters. The van der Waals surface area contributed by atoms with Gasteiger partial charge in [0.15, 0.2) is 0 Å². The van der Waals surface area contributed by atoms with Gasteiger partial charge in [-0.2, -0.15) is 0 Å². The summed E-state index contributed by atoms with van der Waals surface area (Å²) in [6.07, 6.45) is 1.14. The molecule has 1 aromatic carbocycles. The molecule has 0 aliphatic heterocycles. The monoisotopic (exact) mass is 170 g/mol. The molecule has 1 aromatic rings. The van der Waals surface area contributed by atoms with Gasteiger partial charge in [0.2, 0.25) is 0 Å². The molecule has 0 saturated heterocycles. The summed E-state index contributed by atoms with van der Waals surface area (Å²) in [5.41, 5.74) is 2.82. The van der Waals surface area contributed by atoms with Gasteiger partial charge in [-0.25, -0.2) is 0 Å². The third-order valence-corrected chi connectivity index (χ3v) is 4.08. The minimum atomic E-state index is 0.274. The molecule has 2 saturated carbocycles. The Balaban J connectivity index is 2.04. The molecule has 64 valence electrons. The number of ketones is 1. The van der Waals surface area contributed by atoms with E-state index in [0.29, 0.717) is 17.6 Å². The Kier molecular flexibility index (Phi) is 0.841. The van der Waals surface area contributed by atoms with Crippen LogP contribution in [-0.2, 0) is 4.79 Å². The van der Waals surface area contributed by atoms with Crippen LogP contribution in [0.25, 0.3) is 0 Å². The number of hydrogen-bond donors (Lipinski definition) is 0. The Morgan fingerprint density at radius 1 is 1.08 bits per heavy atom. The van der Waals surface area contributed by atoms with Gasteiger partial charge in [-0.05, 0) is 29.4 Å². The van der Waals surface area contributed by atoms with Gasteiger partial charge in [0, 0.05) is 11.8 Å². The Morgan fingerprint density at radius 2 is 1.85 bits per heavy atom. The van der Waals surface area contributed by atoms with Crippen LogP contribution < -0.4 is 0 Å². The van der Waals surface area contributed by atoms with E-state index in [2.05, 4.69) is 24.3 Å². The van der Waals surface area contributed by atoms with E-state index in [9.17, 15) is 4.79 Å². The third-order valence-electron chi connectivity index (χ3n) is 4.08. The van der Waals surface area contributed by atoms with Crippen LogP contribution in [0, 0.1) is 11.8 Å². The fraction of sp³-hybridized carbons (Fsp3) is 0.417. The van der Waals surface area contributed by atoms with Crippen LogP contribution in [0.3, 0.4) is 0 Å². The molecule has 0 aromatic heterocycles. The summed E-state index contributed by atoms with van der Waals surface area (Å²) in [5, 5.41) is 0.